The Hall–Kier alpha value is -0.120. The minimum absolute atomic E-state index is 0.0892. The SMILES string of the molecule is CCCCCCCCCCCCCCCCCCOC[14C]1(CO)CCCO1. The molecule has 0 amide bonds. The molecule has 0 saturated carbocycles. The van der Waals surface area contributed by atoms with Crippen molar-refractivity contribution >= 4 is 0 Å². The van der Waals surface area contributed by atoms with Gasteiger partial charge in [-0.1, -0.05) is 103 Å². The molecule has 1 heterocycles. The van der Waals surface area contributed by atoms with Gasteiger partial charge in [0.05, 0.1) is 13.2 Å². The fraction of sp³-hybridized carbons (Fsp3) is 1.00. The highest BCUT2D eigenvalue weighted by Gasteiger charge is 2.34. The van der Waals surface area contributed by atoms with E-state index < -0.39 is 5.60 Å². The number of ether oxygens (including phenoxy) is 2. The van der Waals surface area contributed by atoms with Crippen LogP contribution in [-0.2, 0) is 9.47 Å². The van der Waals surface area contributed by atoms with Gasteiger partial charge in [-0.2, -0.15) is 0 Å². The molecule has 1 aliphatic heterocycles. The van der Waals surface area contributed by atoms with Crippen molar-refractivity contribution in [1.82, 2.24) is 0 Å². The van der Waals surface area contributed by atoms with Gasteiger partial charge >= 0.3 is 0 Å². The maximum atomic E-state index is 9.46. The Kier molecular flexibility index (Phi) is 16.6. The lowest BCUT2D eigenvalue weighted by molar-refractivity contribution is -0.0915. The molecular formula is C24H48O3. The van der Waals surface area contributed by atoms with Crippen LogP contribution in [0.1, 0.15) is 122 Å². The summed E-state index contributed by atoms with van der Waals surface area (Å²) in [5.74, 6) is 0. The molecule has 27 heavy (non-hydrogen) atoms. The van der Waals surface area contributed by atoms with Gasteiger partial charge in [0.1, 0.15) is 5.60 Å². The molecule has 1 atom stereocenters. The molecule has 0 bridgehead atoms. The van der Waals surface area contributed by atoms with Crippen molar-refractivity contribution in [3.05, 3.63) is 0 Å². The Labute approximate surface area is 169 Å². The molecule has 3 nitrogen and oxygen atoms in total. The fourth-order valence-electron chi connectivity index (χ4n) is 4.05. The van der Waals surface area contributed by atoms with Crippen LogP contribution in [0.4, 0.5) is 0 Å². The van der Waals surface area contributed by atoms with Gasteiger partial charge in [0.15, 0.2) is 0 Å². The third kappa shape index (κ3) is 13.7. The topological polar surface area (TPSA) is 38.7 Å². The van der Waals surface area contributed by atoms with Crippen molar-refractivity contribution in [2.24, 2.45) is 0 Å². The van der Waals surface area contributed by atoms with E-state index >= 15 is 0 Å². The molecule has 0 aromatic heterocycles. The molecule has 0 aliphatic carbocycles. The number of unbranched alkanes of at least 4 members (excludes halogenated alkanes) is 15. The molecule has 1 fully saturated rings. The summed E-state index contributed by atoms with van der Waals surface area (Å²) < 4.78 is 11.4. The van der Waals surface area contributed by atoms with Crippen molar-refractivity contribution in [1.29, 1.82) is 0 Å². The summed E-state index contributed by atoms with van der Waals surface area (Å²) in [6.07, 6.45) is 24.3. The highest BCUT2D eigenvalue weighted by Crippen LogP contribution is 2.25. The van der Waals surface area contributed by atoms with Crippen LogP contribution in [0.3, 0.4) is 0 Å². The normalized spacial score (nSPS) is 19.8. The minimum Gasteiger partial charge on any atom is -0.393 e. The summed E-state index contributed by atoms with van der Waals surface area (Å²) in [7, 11) is 0. The number of aliphatic hydroxyl groups excluding tert-OH is 1. The van der Waals surface area contributed by atoms with E-state index in [1.165, 1.54) is 96.3 Å². The first-order valence-electron chi connectivity index (χ1n) is 12.2. The maximum absolute atomic E-state index is 9.46. The lowest BCUT2D eigenvalue weighted by Gasteiger charge is -2.25. The largest absolute Gasteiger partial charge is 0.393 e. The van der Waals surface area contributed by atoms with Crippen LogP contribution in [0.15, 0.2) is 0 Å². The smallest absolute Gasteiger partial charge is 0.114 e. The van der Waals surface area contributed by atoms with Crippen molar-refractivity contribution in [2.75, 3.05) is 26.4 Å². The summed E-state index contributed by atoms with van der Waals surface area (Å²) in [6.45, 7) is 4.51. The van der Waals surface area contributed by atoms with Crippen molar-refractivity contribution in [3.63, 3.8) is 0 Å². The molecule has 0 aromatic rings. The molecule has 0 spiro atoms. The van der Waals surface area contributed by atoms with Crippen LogP contribution in [0.2, 0.25) is 0 Å². The average molecular weight is 387 g/mol. The molecule has 1 N–H and O–H groups in total. The molecule has 1 rings (SSSR count). The lowest BCUT2D eigenvalue weighted by atomic mass is 10.0. The zero-order chi connectivity index (χ0) is 19.5. The quantitative estimate of drug-likeness (QED) is 0.234. The first kappa shape index (κ1) is 24.9. The third-order valence-corrected chi connectivity index (χ3v) is 5.98. The highest BCUT2D eigenvalue weighted by molar-refractivity contribution is 4.84. The first-order chi connectivity index (χ1) is 13.3. The van der Waals surface area contributed by atoms with E-state index in [2.05, 4.69) is 6.92 Å². The van der Waals surface area contributed by atoms with Gasteiger partial charge in [-0.3, -0.25) is 0 Å². The van der Waals surface area contributed by atoms with Gasteiger partial charge in [0.2, 0.25) is 0 Å². The molecule has 1 aliphatic rings. The van der Waals surface area contributed by atoms with E-state index in [0.717, 1.165) is 32.5 Å². The summed E-state index contributed by atoms with van der Waals surface area (Å²) in [6, 6.07) is 0. The summed E-state index contributed by atoms with van der Waals surface area (Å²) in [5.41, 5.74) is -0.394. The van der Waals surface area contributed by atoms with Gasteiger partial charge in [-0.25, -0.2) is 0 Å². The van der Waals surface area contributed by atoms with E-state index in [1.807, 2.05) is 0 Å². The first-order valence-corrected chi connectivity index (χ1v) is 12.2. The van der Waals surface area contributed by atoms with Gasteiger partial charge in [0.25, 0.3) is 0 Å². The van der Waals surface area contributed by atoms with Crippen LogP contribution in [0, 0.1) is 0 Å². The van der Waals surface area contributed by atoms with Gasteiger partial charge in [-0.15, -0.1) is 0 Å². The molecule has 0 radical (unpaired) electrons. The molecular weight excluding hydrogens is 338 g/mol. The van der Waals surface area contributed by atoms with E-state index in [-0.39, 0.29) is 6.61 Å². The van der Waals surface area contributed by atoms with Crippen LogP contribution in [-0.4, -0.2) is 37.1 Å². The number of aliphatic hydroxyl groups is 1. The van der Waals surface area contributed by atoms with Gasteiger partial charge in [0, 0.05) is 13.2 Å². The Bertz CT molecular complexity index is 300. The van der Waals surface area contributed by atoms with E-state index in [1.54, 1.807) is 0 Å². The van der Waals surface area contributed by atoms with Crippen LogP contribution < -0.4 is 0 Å². The summed E-state index contributed by atoms with van der Waals surface area (Å²) >= 11 is 0. The summed E-state index contributed by atoms with van der Waals surface area (Å²) in [4.78, 5) is 0. The Morgan fingerprint density at radius 1 is 0.741 bits per heavy atom. The number of hydrogen-bond acceptors (Lipinski definition) is 3. The predicted molar refractivity (Wildman–Crippen MR) is 115 cm³/mol. The lowest BCUT2D eigenvalue weighted by Crippen LogP contribution is -2.38. The van der Waals surface area contributed by atoms with Crippen LogP contribution >= 0.6 is 0 Å². The second-order valence-corrected chi connectivity index (χ2v) is 8.65. The summed E-state index contributed by atoms with van der Waals surface area (Å²) in [5, 5.41) is 9.46. The number of hydrogen-bond donors (Lipinski definition) is 1. The second-order valence-electron chi connectivity index (χ2n) is 8.65. The van der Waals surface area contributed by atoms with Crippen molar-refractivity contribution in [3.8, 4) is 0 Å². The van der Waals surface area contributed by atoms with E-state index in [4.69, 9.17) is 9.47 Å². The molecule has 3 heteroatoms. The molecule has 1 saturated heterocycles. The predicted octanol–water partition coefficient (Wildman–Crippen LogP) is 6.81. The third-order valence-electron chi connectivity index (χ3n) is 5.98. The zero-order valence-corrected chi connectivity index (χ0v) is 18.3. The molecule has 0 aromatic carbocycles. The van der Waals surface area contributed by atoms with E-state index in [9.17, 15) is 5.11 Å². The second kappa shape index (κ2) is 17.9. The van der Waals surface area contributed by atoms with E-state index in [0.29, 0.717) is 6.61 Å². The Balaban J connectivity index is 1.71. The standard InChI is InChI=1S/C24H48O3/c1-2-3-4-5-6-7-8-9-10-11-12-13-14-15-16-17-20-26-23-24(22-25)19-18-21-27-24/h25H,2-23H2,1H3/i24+2. The Morgan fingerprint density at radius 2 is 1.22 bits per heavy atom. The molecule has 162 valence electrons. The minimum atomic E-state index is -0.394. The van der Waals surface area contributed by atoms with Crippen LogP contribution in [0.25, 0.3) is 0 Å². The zero-order valence-electron chi connectivity index (χ0n) is 18.3. The Morgan fingerprint density at radius 3 is 1.63 bits per heavy atom. The van der Waals surface area contributed by atoms with Gasteiger partial charge < -0.3 is 14.6 Å². The van der Waals surface area contributed by atoms with Gasteiger partial charge in [-0.05, 0) is 19.3 Å². The maximum Gasteiger partial charge on any atom is 0.114 e. The average Bonchev–Trinajstić information content (AvgIpc) is 3.16. The number of rotatable bonds is 20. The highest BCUT2D eigenvalue weighted by atomic mass is 16.8. The fourth-order valence-corrected chi connectivity index (χ4v) is 4.05. The van der Waals surface area contributed by atoms with Crippen molar-refractivity contribution in [2.45, 2.75) is 128 Å². The monoisotopic (exact) mass is 386 g/mol. The molecule has 1 unspecified atom stereocenters. The van der Waals surface area contributed by atoms with Crippen LogP contribution in [0.5, 0.6) is 0 Å². The van der Waals surface area contributed by atoms with Crippen molar-refractivity contribution < 1.29 is 14.6 Å².